The molecule has 0 aliphatic carbocycles. The van der Waals surface area contributed by atoms with Gasteiger partial charge in [-0.1, -0.05) is 24.3 Å². The zero-order valence-electron chi connectivity index (χ0n) is 16.3. The first-order valence-electron chi connectivity index (χ1n) is 9.89. The fourth-order valence-corrected chi connectivity index (χ4v) is 4.49. The number of hydrogen-bond donors (Lipinski definition) is 1. The first-order valence-corrected chi connectivity index (χ1v) is 10.8. The number of carbonyl (C=O) groups is 1. The molecule has 0 saturated carbocycles. The Morgan fingerprint density at radius 2 is 1.97 bits per heavy atom. The highest BCUT2D eigenvalue weighted by Crippen LogP contribution is 2.40. The summed E-state index contributed by atoms with van der Waals surface area (Å²) in [6.45, 7) is 2.87. The lowest BCUT2D eigenvalue weighted by Crippen LogP contribution is -2.39. The topological polar surface area (TPSA) is 67.6 Å². The summed E-state index contributed by atoms with van der Waals surface area (Å²) in [7, 11) is 0. The SMILES string of the molecule is O=C(Nc1c([C@@H](c2cccnc2)N2CCOCC2)oc2ccccc12)c1cccs1. The van der Waals surface area contributed by atoms with Crippen LogP contribution in [0.2, 0.25) is 0 Å². The smallest absolute Gasteiger partial charge is 0.265 e. The molecule has 0 unspecified atom stereocenters. The lowest BCUT2D eigenvalue weighted by atomic mass is 10.0. The van der Waals surface area contributed by atoms with Gasteiger partial charge in [-0.3, -0.25) is 14.7 Å². The van der Waals surface area contributed by atoms with Crippen LogP contribution in [-0.2, 0) is 4.74 Å². The van der Waals surface area contributed by atoms with E-state index in [1.807, 2.05) is 60.1 Å². The molecule has 0 radical (unpaired) electrons. The van der Waals surface area contributed by atoms with Crippen molar-refractivity contribution >= 4 is 33.9 Å². The van der Waals surface area contributed by atoms with E-state index in [0.29, 0.717) is 23.8 Å². The van der Waals surface area contributed by atoms with Crippen molar-refractivity contribution in [1.29, 1.82) is 0 Å². The van der Waals surface area contributed by atoms with E-state index in [1.165, 1.54) is 11.3 Å². The molecule has 6 nitrogen and oxygen atoms in total. The van der Waals surface area contributed by atoms with Crippen LogP contribution in [0.4, 0.5) is 5.69 Å². The first-order chi connectivity index (χ1) is 14.8. The van der Waals surface area contributed by atoms with Gasteiger partial charge in [0.05, 0.1) is 29.8 Å². The third-order valence-corrected chi connectivity index (χ3v) is 6.13. The highest BCUT2D eigenvalue weighted by atomic mass is 32.1. The van der Waals surface area contributed by atoms with Gasteiger partial charge in [-0.2, -0.15) is 0 Å². The normalized spacial score (nSPS) is 15.9. The van der Waals surface area contributed by atoms with Gasteiger partial charge in [0.25, 0.3) is 5.91 Å². The van der Waals surface area contributed by atoms with Crippen molar-refractivity contribution in [3.8, 4) is 0 Å². The Kier molecular flexibility index (Phi) is 5.31. The number of amides is 1. The predicted octanol–water partition coefficient (Wildman–Crippen LogP) is 4.56. The van der Waals surface area contributed by atoms with Gasteiger partial charge in [0.2, 0.25) is 0 Å². The van der Waals surface area contributed by atoms with Gasteiger partial charge >= 0.3 is 0 Å². The van der Waals surface area contributed by atoms with E-state index in [2.05, 4.69) is 15.2 Å². The minimum absolute atomic E-state index is 0.135. The Balaban J connectivity index is 1.64. The molecular weight excluding hydrogens is 398 g/mol. The Morgan fingerprint density at radius 1 is 1.10 bits per heavy atom. The number of nitrogens with one attached hydrogen (secondary N) is 1. The number of aromatic nitrogens is 1. The number of rotatable bonds is 5. The molecular formula is C23H21N3O3S. The predicted molar refractivity (Wildman–Crippen MR) is 117 cm³/mol. The summed E-state index contributed by atoms with van der Waals surface area (Å²) >= 11 is 1.42. The molecule has 1 amide bonds. The molecule has 152 valence electrons. The number of fused-ring (bicyclic) bond motifs is 1. The number of carbonyl (C=O) groups excluding carboxylic acids is 1. The van der Waals surface area contributed by atoms with E-state index >= 15 is 0 Å². The number of ether oxygens (including phenoxy) is 1. The van der Waals surface area contributed by atoms with Crippen LogP contribution < -0.4 is 5.32 Å². The van der Waals surface area contributed by atoms with Gasteiger partial charge in [0.1, 0.15) is 5.58 Å². The van der Waals surface area contributed by atoms with Crippen LogP contribution in [0.1, 0.15) is 27.0 Å². The monoisotopic (exact) mass is 419 g/mol. The number of thiophene rings is 1. The lowest BCUT2D eigenvalue weighted by Gasteiger charge is -2.33. The van der Waals surface area contributed by atoms with Gasteiger partial charge in [0, 0.05) is 30.9 Å². The van der Waals surface area contributed by atoms with Crippen molar-refractivity contribution in [2.45, 2.75) is 6.04 Å². The number of morpholine rings is 1. The van der Waals surface area contributed by atoms with E-state index in [9.17, 15) is 4.79 Å². The Morgan fingerprint density at radius 3 is 2.73 bits per heavy atom. The average molecular weight is 420 g/mol. The Hall–Kier alpha value is -3.00. The highest BCUT2D eigenvalue weighted by molar-refractivity contribution is 7.12. The van der Waals surface area contributed by atoms with E-state index in [0.717, 1.165) is 35.4 Å². The number of nitrogens with zero attached hydrogens (tertiary/aromatic N) is 2. The summed E-state index contributed by atoms with van der Waals surface area (Å²) in [4.78, 5) is 20.2. The number of furan rings is 1. The average Bonchev–Trinajstić information content (AvgIpc) is 3.45. The Bertz CT molecular complexity index is 1140. The summed E-state index contributed by atoms with van der Waals surface area (Å²) in [5, 5.41) is 5.91. The molecule has 1 aromatic carbocycles. The summed E-state index contributed by atoms with van der Waals surface area (Å²) in [5.41, 5.74) is 2.48. The standard InChI is InChI=1S/C23H21N3O3S/c27-23(19-8-4-14-30-19)25-20-17-6-1-2-7-18(17)29-22(20)21(16-5-3-9-24-15-16)26-10-12-28-13-11-26/h1-9,14-15,21H,10-13H2,(H,25,27)/t21-/m1/s1. The van der Waals surface area contributed by atoms with Crippen molar-refractivity contribution < 1.29 is 13.9 Å². The molecule has 0 spiro atoms. The fraction of sp³-hybridized carbons (Fsp3) is 0.217. The maximum absolute atomic E-state index is 12.9. The quantitative estimate of drug-likeness (QED) is 0.514. The van der Waals surface area contributed by atoms with Crippen LogP contribution >= 0.6 is 11.3 Å². The minimum atomic E-state index is -0.173. The molecule has 4 aromatic rings. The number of pyridine rings is 1. The van der Waals surface area contributed by atoms with E-state index in [4.69, 9.17) is 9.15 Å². The molecule has 1 saturated heterocycles. The summed E-state index contributed by atoms with van der Waals surface area (Å²) in [6.07, 6.45) is 3.62. The molecule has 3 aromatic heterocycles. The number of hydrogen-bond acceptors (Lipinski definition) is 6. The fourth-order valence-electron chi connectivity index (χ4n) is 3.87. The molecule has 1 aliphatic rings. The van der Waals surface area contributed by atoms with Crippen LogP contribution in [-0.4, -0.2) is 42.1 Å². The molecule has 4 heterocycles. The van der Waals surface area contributed by atoms with Gasteiger partial charge in [-0.05, 0) is 35.2 Å². The van der Waals surface area contributed by atoms with E-state index in [-0.39, 0.29) is 11.9 Å². The second-order valence-electron chi connectivity index (χ2n) is 7.11. The third-order valence-electron chi connectivity index (χ3n) is 5.27. The van der Waals surface area contributed by atoms with Crippen molar-refractivity contribution in [3.63, 3.8) is 0 Å². The van der Waals surface area contributed by atoms with Crippen molar-refractivity contribution in [1.82, 2.24) is 9.88 Å². The van der Waals surface area contributed by atoms with Gasteiger partial charge < -0.3 is 14.5 Å². The van der Waals surface area contributed by atoms with Crippen LogP contribution in [0.3, 0.4) is 0 Å². The van der Waals surface area contributed by atoms with Crippen molar-refractivity contribution in [2.24, 2.45) is 0 Å². The molecule has 30 heavy (non-hydrogen) atoms. The van der Waals surface area contributed by atoms with E-state index < -0.39 is 0 Å². The molecule has 1 aliphatic heterocycles. The van der Waals surface area contributed by atoms with Crippen LogP contribution in [0, 0.1) is 0 Å². The third kappa shape index (κ3) is 3.63. The first kappa shape index (κ1) is 19.0. The van der Waals surface area contributed by atoms with Crippen LogP contribution in [0.15, 0.2) is 70.7 Å². The maximum atomic E-state index is 12.9. The largest absolute Gasteiger partial charge is 0.457 e. The number of anilines is 1. The minimum Gasteiger partial charge on any atom is -0.457 e. The molecule has 1 fully saturated rings. The lowest BCUT2D eigenvalue weighted by molar-refractivity contribution is 0.0205. The van der Waals surface area contributed by atoms with Crippen molar-refractivity contribution in [3.05, 3.63) is 82.5 Å². The summed E-state index contributed by atoms with van der Waals surface area (Å²) in [6, 6.07) is 15.3. The second-order valence-corrected chi connectivity index (χ2v) is 8.05. The van der Waals surface area contributed by atoms with Crippen molar-refractivity contribution in [2.75, 3.05) is 31.6 Å². The molecule has 1 atom stereocenters. The molecule has 5 rings (SSSR count). The summed E-state index contributed by atoms with van der Waals surface area (Å²) < 4.78 is 11.9. The Labute approximate surface area is 178 Å². The van der Waals surface area contributed by atoms with Crippen LogP contribution in [0.5, 0.6) is 0 Å². The maximum Gasteiger partial charge on any atom is 0.265 e. The number of benzene rings is 1. The molecule has 1 N–H and O–H groups in total. The molecule has 7 heteroatoms. The van der Waals surface area contributed by atoms with Gasteiger partial charge in [-0.25, -0.2) is 0 Å². The zero-order chi connectivity index (χ0) is 20.3. The number of para-hydroxylation sites is 1. The highest BCUT2D eigenvalue weighted by Gasteiger charge is 2.31. The second kappa shape index (κ2) is 8.39. The summed E-state index contributed by atoms with van der Waals surface area (Å²) in [5.74, 6) is 0.584. The zero-order valence-corrected chi connectivity index (χ0v) is 17.1. The van der Waals surface area contributed by atoms with Gasteiger partial charge in [0.15, 0.2) is 5.76 Å². The van der Waals surface area contributed by atoms with Crippen LogP contribution in [0.25, 0.3) is 11.0 Å². The van der Waals surface area contributed by atoms with E-state index in [1.54, 1.807) is 6.20 Å². The molecule has 0 bridgehead atoms. The van der Waals surface area contributed by atoms with Gasteiger partial charge in [-0.15, -0.1) is 11.3 Å².